The smallest absolute Gasteiger partial charge is 0.342 e. The van der Waals surface area contributed by atoms with Crippen LogP contribution in [0.1, 0.15) is 18.6 Å². The number of hydrogen-bond acceptors (Lipinski definition) is 4. The summed E-state index contributed by atoms with van der Waals surface area (Å²) < 4.78 is 5.04. The van der Waals surface area contributed by atoms with Gasteiger partial charge in [0.15, 0.2) is 0 Å². The zero-order valence-electron chi connectivity index (χ0n) is 8.23. The van der Waals surface area contributed by atoms with Crippen LogP contribution >= 0.6 is 0 Å². The summed E-state index contributed by atoms with van der Waals surface area (Å²) in [6, 6.07) is 6.67. The summed E-state index contributed by atoms with van der Waals surface area (Å²) in [7, 11) is 0. The maximum atomic E-state index is 11.4. The maximum Gasteiger partial charge on any atom is 0.342 e. The lowest BCUT2D eigenvalue weighted by molar-refractivity contribution is 0.194. The number of rotatable bonds is 1. The molecule has 4 heteroatoms. The minimum absolute atomic E-state index is 0.257. The van der Waals surface area contributed by atoms with Crippen molar-refractivity contribution in [1.29, 1.82) is 0 Å². The Kier molecular flexibility index (Phi) is 2.21. The van der Waals surface area contributed by atoms with E-state index < -0.39 is 11.7 Å². The molecule has 0 aliphatic rings. The van der Waals surface area contributed by atoms with E-state index in [9.17, 15) is 9.90 Å². The van der Waals surface area contributed by atoms with Crippen LogP contribution in [0.2, 0.25) is 0 Å². The first kappa shape index (κ1) is 9.73. The van der Waals surface area contributed by atoms with Gasteiger partial charge in [-0.1, -0.05) is 0 Å². The molecule has 3 N–H and O–H groups in total. The highest BCUT2D eigenvalue weighted by Crippen LogP contribution is 2.19. The molecule has 0 saturated carbocycles. The second-order valence-corrected chi connectivity index (χ2v) is 3.46. The van der Waals surface area contributed by atoms with Gasteiger partial charge in [-0.15, -0.1) is 0 Å². The predicted molar refractivity (Wildman–Crippen MR) is 57.5 cm³/mol. The third kappa shape index (κ3) is 1.71. The van der Waals surface area contributed by atoms with Crippen LogP contribution in [0, 0.1) is 0 Å². The van der Waals surface area contributed by atoms with Crippen LogP contribution in [0.15, 0.2) is 33.5 Å². The first-order valence-electron chi connectivity index (χ1n) is 4.59. The highest BCUT2D eigenvalue weighted by molar-refractivity contribution is 5.80. The number of anilines is 1. The molecule has 2 rings (SSSR count). The molecule has 1 aromatic heterocycles. The molecule has 0 fully saturated rings. The van der Waals surface area contributed by atoms with Crippen molar-refractivity contribution in [2.75, 3.05) is 5.73 Å². The number of benzene rings is 1. The minimum atomic E-state index is -0.830. The fourth-order valence-electron chi connectivity index (χ4n) is 1.43. The molecule has 0 bridgehead atoms. The topological polar surface area (TPSA) is 76.5 Å². The summed E-state index contributed by atoms with van der Waals surface area (Å²) in [6.07, 6.45) is -0.830. The molecule has 4 nitrogen and oxygen atoms in total. The maximum absolute atomic E-state index is 11.4. The Hall–Kier alpha value is -1.81. The molecule has 0 spiro atoms. The third-order valence-corrected chi connectivity index (χ3v) is 2.24. The second-order valence-electron chi connectivity index (χ2n) is 3.46. The van der Waals surface area contributed by atoms with Gasteiger partial charge in [0.25, 0.3) is 0 Å². The molecule has 15 heavy (non-hydrogen) atoms. The van der Waals surface area contributed by atoms with Crippen LogP contribution in [0.25, 0.3) is 11.0 Å². The van der Waals surface area contributed by atoms with Gasteiger partial charge in [0.05, 0.1) is 11.7 Å². The highest BCUT2D eigenvalue weighted by Gasteiger charge is 2.09. The molecule has 0 amide bonds. The third-order valence-electron chi connectivity index (χ3n) is 2.24. The van der Waals surface area contributed by atoms with Crippen molar-refractivity contribution in [1.82, 2.24) is 0 Å². The number of nitrogens with two attached hydrogens (primary N) is 1. The number of nitrogen functional groups attached to an aromatic ring is 1. The molecular formula is C11H11NO3. The Morgan fingerprint density at radius 3 is 2.80 bits per heavy atom. The normalized spacial score (nSPS) is 12.9. The molecule has 78 valence electrons. The second kappa shape index (κ2) is 3.40. The zero-order valence-corrected chi connectivity index (χ0v) is 8.23. The summed E-state index contributed by atoms with van der Waals surface area (Å²) >= 11 is 0. The molecule has 1 aromatic carbocycles. The fraction of sp³-hybridized carbons (Fsp3) is 0.182. The molecule has 1 unspecified atom stereocenters. The van der Waals surface area contributed by atoms with Gasteiger partial charge in [0.2, 0.25) is 0 Å². The van der Waals surface area contributed by atoms with Gasteiger partial charge >= 0.3 is 5.63 Å². The molecular weight excluding hydrogens is 194 g/mol. The molecule has 0 aliphatic carbocycles. The van der Waals surface area contributed by atoms with Crippen LogP contribution in [-0.2, 0) is 0 Å². The average molecular weight is 205 g/mol. The van der Waals surface area contributed by atoms with Crippen molar-refractivity contribution in [3.63, 3.8) is 0 Å². The van der Waals surface area contributed by atoms with E-state index in [1.807, 2.05) is 0 Å². The van der Waals surface area contributed by atoms with Gasteiger partial charge in [-0.25, -0.2) is 4.79 Å². The fourth-order valence-corrected chi connectivity index (χ4v) is 1.43. The number of aliphatic hydroxyl groups excluding tert-OH is 1. The number of aliphatic hydroxyl groups is 1. The lowest BCUT2D eigenvalue weighted by Gasteiger charge is -2.04. The van der Waals surface area contributed by atoms with Crippen LogP contribution in [0.4, 0.5) is 5.69 Å². The Morgan fingerprint density at radius 1 is 1.40 bits per heavy atom. The summed E-state index contributed by atoms with van der Waals surface area (Å²) in [5.74, 6) is 0. The van der Waals surface area contributed by atoms with E-state index in [-0.39, 0.29) is 5.56 Å². The molecule has 2 aromatic rings. The van der Waals surface area contributed by atoms with Crippen molar-refractivity contribution < 1.29 is 9.52 Å². The molecule has 0 aliphatic heterocycles. The number of fused-ring (bicyclic) bond motifs is 1. The molecule has 1 heterocycles. The molecule has 0 radical (unpaired) electrons. The summed E-state index contributed by atoms with van der Waals surface area (Å²) in [5.41, 5.74) is 6.26. The Bertz CT molecular complexity index is 557. The van der Waals surface area contributed by atoms with E-state index in [2.05, 4.69) is 0 Å². The van der Waals surface area contributed by atoms with Crippen molar-refractivity contribution in [3.8, 4) is 0 Å². The Labute approximate surface area is 85.9 Å². The van der Waals surface area contributed by atoms with E-state index in [1.165, 1.54) is 6.92 Å². The van der Waals surface area contributed by atoms with Crippen molar-refractivity contribution in [3.05, 3.63) is 40.2 Å². The van der Waals surface area contributed by atoms with Gasteiger partial charge in [0, 0.05) is 17.1 Å². The van der Waals surface area contributed by atoms with Gasteiger partial charge in [-0.2, -0.15) is 0 Å². The van der Waals surface area contributed by atoms with E-state index in [0.717, 1.165) is 5.39 Å². The summed E-state index contributed by atoms with van der Waals surface area (Å²) in [6.45, 7) is 1.52. The van der Waals surface area contributed by atoms with E-state index in [0.29, 0.717) is 11.3 Å². The van der Waals surface area contributed by atoms with Crippen LogP contribution < -0.4 is 11.4 Å². The lowest BCUT2D eigenvalue weighted by Crippen LogP contribution is -2.09. The first-order valence-corrected chi connectivity index (χ1v) is 4.59. The quantitative estimate of drug-likeness (QED) is 0.545. The standard InChI is InChI=1S/C11H11NO3/c1-6(13)9-4-7-2-3-8(12)5-10(7)15-11(9)14/h2-6,13H,12H2,1H3. The average Bonchev–Trinajstić information content (AvgIpc) is 2.15. The Morgan fingerprint density at radius 2 is 2.13 bits per heavy atom. The summed E-state index contributed by atoms with van der Waals surface area (Å²) in [4.78, 5) is 11.4. The van der Waals surface area contributed by atoms with Crippen LogP contribution in [0.3, 0.4) is 0 Å². The monoisotopic (exact) mass is 205 g/mol. The molecule has 1 atom stereocenters. The highest BCUT2D eigenvalue weighted by atomic mass is 16.4. The van der Waals surface area contributed by atoms with Crippen molar-refractivity contribution >= 4 is 16.7 Å². The van der Waals surface area contributed by atoms with E-state index >= 15 is 0 Å². The SMILES string of the molecule is CC(O)c1cc2ccc(N)cc2oc1=O. The van der Waals surface area contributed by atoms with Gasteiger partial charge in [-0.3, -0.25) is 0 Å². The summed E-state index contributed by atoms with van der Waals surface area (Å²) in [5, 5.41) is 10.1. The lowest BCUT2D eigenvalue weighted by atomic mass is 10.1. The van der Waals surface area contributed by atoms with Crippen molar-refractivity contribution in [2.45, 2.75) is 13.0 Å². The van der Waals surface area contributed by atoms with Gasteiger partial charge in [-0.05, 0) is 25.1 Å². The minimum Gasteiger partial charge on any atom is -0.422 e. The largest absolute Gasteiger partial charge is 0.422 e. The van der Waals surface area contributed by atoms with Crippen molar-refractivity contribution in [2.24, 2.45) is 0 Å². The van der Waals surface area contributed by atoms with Crippen LogP contribution in [0.5, 0.6) is 0 Å². The van der Waals surface area contributed by atoms with E-state index in [1.54, 1.807) is 24.3 Å². The molecule has 0 saturated heterocycles. The zero-order chi connectivity index (χ0) is 11.0. The predicted octanol–water partition coefficient (Wildman–Crippen LogP) is 1.43. The number of hydrogen-bond donors (Lipinski definition) is 2. The van der Waals surface area contributed by atoms with Crippen LogP contribution in [-0.4, -0.2) is 5.11 Å². The van der Waals surface area contributed by atoms with E-state index in [4.69, 9.17) is 10.2 Å². The van der Waals surface area contributed by atoms with Gasteiger partial charge < -0.3 is 15.3 Å². The Balaban J connectivity index is 2.76. The van der Waals surface area contributed by atoms with Gasteiger partial charge in [0.1, 0.15) is 5.58 Å². The first-order chi connectivity index (χ1) is 7.08.